The lowest BCUT2D eigenvalue weighted by Gasteiger charge is -2.04. The highest BCUT2D eigenvalue weighted by molar-refractivity contribution is 7.98. The number of aliphatic hydroxyl groups is 1. The van der Waals surface area contributed by atoms with Gasteiger partial charge in [-0.25, -0.2) is 9.37 Å². The van der Waals surface area contributed by atoms with Crippen molar-refractivity contribution in [1.29, 1.82) is 5.26 Å². The maximum absolute atomic E-state index is 13.2. The molecular weight excluding hydrogens is 265 g/mol. The van der Waals surface area contributed by atoms with E-state index >= 15 is 0 Å². The first kappa shape index (κ1) is 13.6. The van der Waals surface area contributed by atoms with Crippen LogP contribution in [-0.4, -0.2) is 14.7 Å². The van der Waals surface area contributed by atoms with Gasteiger partial charge < -0.3 is 9.67 Å². The van der Waals surface area contributed by atoms with Crippen molar-refractivity contribution in [2.75, 3.05) is 0 Å². The van der Waals surface area contributed by atoms with E-state index in [0.29, 0.717) is 5.75 Å². The molecule has 0 radical (unpaired) electrons. The molecule has 0 fully saturated rings. The summed E-state index contributed by atoms with van der Waals surface area (Å²) in [5, 5.41) is 18.6. The molecule has 0 bridgehead atoms. The highest BCUT2D eigenvalue weighted by Crippen LogP contribution is 2.23. The first-order valence-electron chi connectivity index (χ1n) is 5.58. The van der Waals surface area contributed by atoms with E-state index in [4.69, 9.17) is 10.4 Å². The number of aliphatic hydroxyl groups excluding tert-OH is 1. The number of hydrogen-bond acceptors (Lipinski definition) is 4. The molecular formula is C13H12FN3OS. The van der Waals surface area contributed by atoms with Crippen LogP contribution < -0.4 is 0 Å². The fraction of sp³-hybridized carbons (Fsp3) is 0.231. The van der Waals surface area contributed by atoms with E-state index in [1.165, 1.54) is 23.9 Å². The van der Waals surface area contributed by atoms with E-state index in [9.17, 15) is 4.39 Å². The summed E-state index contributed by atoms with van der Waals surface area (Å²) in [7, 11) is 1.83. The smallest absolute Gasteiger partial charge is 0.168 e. The second-order valence-corrected chi connectivity index (χ2v) is 4.91. The van der Waals surface area contributed by atoms with Crippen molar-refractivity contribution in [2.45, 2.75) is 17.5 Å². The zero-order valence-corrected chi connectivity index (χ0v) is 11.1. The van der Waals surface area contributed by atoms with Crippen LogP contribution in [-0.2, 0) is 19.4 Å². The van der Waals surface area contributed by atoms with Gasteiger partial charge >= 0.3 is 0 Å². The highest BCUT2D eigenvalue weighted by Gasteiger charge is 2.08. The average Bonchev–Trinajstić information content (AvgIpc) is 2.78. The van der Waals surface area contributed by atoms with Crippen LogP contribution in [0.2, 0.25) is 0 Å². The normalized spacial score (nSPS) is 10.4. The summed E-state index contributed by atoms with van der Waals surface area (Å²) in [6.07, 6.45) is 1.62. The number of aromatic nitrogens is 2. The lowest BCUT2D eigenvalue weighted by atomic mass is 10.1. The lowest BCUT2D eigenvalue weighted by Crippen LogP contribution is -1.97. The molecule has 0 aliphatic rings. The molecule has 0 saturated carbocycles. The van der Waals surface area contributed by atoms with E-state index in [1.807, 2.05) is 13.1 Å². The summed E-state index contributed by atoms with van der Waals surface area (Å²) < 4.78 is 15.0. The number of nitrogens with zero attached hydrogens (tertiary/aromatic N) is 3. The number of rotatable bonds is 4. The van der Waals surface area contributed by atoms with Crippen molar-refractivity contribution in [3.05, 3.63) is 47.0 Å². The van der Waals surface area contributed by atoms with Gasteiger partial charge in [-0.3, -0.25) is 0 Å². The van der Waals surface area contributed by atoms with Gasteiger partial charge in [-0.2, -0.15) is 5.26 Å². The molecule has 4 nitrogen and oxygen atoms in total. The summed E-state index contributed by atoms with van der Waals surface area (Å²) in [5.41, 5.74) is 1.64. The van der Waals surface area contributed by atoms with Crippen LogP contribution in [0.3, 0.4) is 0 Å². The maximum Gasteiger partial charge on any atom is 0.168 e. The maximum atomic E-state index is 13.2. The fourth-order valence-corrected chi connectivity index (χ4v) is 2.52. The molecule has 0 aliphatic heterocycles. The SMILES string of the molecule is Cn1c(CO)cnc1SCc1ccc(F)c(C#N)c1. The minimum Gasteiger partial charge on any atom is -0.390 e. The third-order valence-corrected chi connectivity index (χ3v) is 3.84. The van der Waals surface area contributed by atoms with Crippen molar-refractivity contribution in [2.24, 2.45) is 7.05 Å². The largest absolute Gasteiger partial charge is 0.390 e. The average molecular weight is 277 g/mol. The van der Waals surface area contributed by atoms with Crippen LogP contribution in [0.1, 0.15) is 16.8 Å². The third-order valence-electron chi connectivity index (χ3n) is 2.72. The van der Waals surface area contributed by atoms with Gasteiger partial charge in [-0.05, 0) is 17.7 Å². The van der Waals surface area contributed by atoms with Gasteiger partial charge in [0.15, 0.2) is 5.16 Å². The molecule has 2 aromatic rings. The number of imidazole rings is 1. The number of thioether (sulfide) groups is 1. The predicted octanol–water partition coefficient (Wildman–Crippen LogP) is 2.22. The van der Waals surface area contributed by atoms with Crippen molar-refractivity contribution in [3.8, 4) is 6.07 Å². The Bertz CT molecular complexity index is 633. The van der Waals surface area contributed by atoms with Gasteiger partial charge in [0.2, 0.25) is 0 Å². The van der Waals surface area contributed by atoms with Crippen LogP contribution >= 0.6 is 11.8 Å². The second kappa shape index (κ2) is 5.87. The Balaban J connectivity index is 2.10. The quantitative estimate of drug-likeness (QED) is 0.870. The minimum atomic E-state index is -0.504. The van der Waals surface area contributed by atoms with Crippen molar-refractivity contribution in [3.63, 3.8) is 0 Å². The highest BCUT2D eigenvalue weighted by atomic mass is 32.2. The molecule has 0 atom stereocenters. The van der Waals surface area contributed by atoms with Gasteiger partial charge in [0, 0.05) is 12.8 Å². The Morgan fingerprint density at radius 1 is 1.53 bits per heavy atom. The van der Waals surface area contributed by atoms with Gasteiger partial charge in [-0.15, -0.1) is 0 Å². The molecule has 19 heavy (non-hydrogen) atoms. The molecule has 0 unspecified atom stereocenters. The van der Waals surface area contributed by atoms with Crippen LogP contribution in [0.5, 0.6) is 0 Å². The molecule has 2 rings (SSSR count). The van der Waals surface area contributed by atoms with E-state index in [0.717, 1.165) is 16.4 Å². The summed E-state index contributed by atoms with van der Waals surface area (Å²) in [4.78, 5) is 4.19. The molecule has 98 valence electrons. The van der Waals surface area contributed by atoms with Crippen LogP contribution in [0.15, 0.2) is 29.6 Å². The van der Waals surface area contributed by atoms with Crippen LogP contribution in [0.4, 0.5) is 4.39 Å². The van der Waals surface area contributed by atoms with Crippen molar-refractivity contribution in [1.82, 2.24) is 9.55 Å². The molecule has 0 spiro atoms. The molecule has 1 heterocycles. The van der Waals surface area contributed by atoms with E-state index in [-0.39, 0.29) is 12.2 Å². The summed E-state index contributed by atoms with van der Waals surface area (Å²) in [6.45, 7) is -0.0564. The molecule has 0 saturated heterocycles. The van der Waals surface area contributed by atoms with E-state index < -0.39 is 5.82 Å². The zero-order valence-electron chi connectivity index (χ0n) is 10.3. The number of halogens is 1. The second-order valence-electron chi connectivity index (χ2n) is 3.96. The Hall–Kier alpha value is -1.84. The summed E-state index contributed by atoms with van der Waals surface area (Å²) in [6, 6.07) is 6.31. The van der Waals surface area contributed by atoms with E-state index in [2.05, 4.69) is 4.98 Å². The van der Waals surface area contributed by atoms with E-state index in [1.54, 1.807) is 16.8 Å². The summed E-state index contributed by atoms with van der Waals surface area (Å²) >= 11 is 1.47. The standard InChI is InChI=1S/C13H12FN3OS/c1-17-11(7-18)6-16-13(17)19-8-9-2-3-12(14)10(4-9)5-15/h2-4,6,18H,7-8H2,1H3. The molecule has 0 amide bonds. The van der Waals surface area contributed by atoms with Crippen molar-refractivity contribution >= 4 is 11.8 Å². The molecule has 1 N–H and O–H groups in total. The lowest BCUT2D eigenvalue weighted by molar-refractivity contribution is 0.271. The monoisotopic (exact) mass is 277 g/mol. The number of hydrogen-bond donors (Lipinski definition) is 1. The molecule has 1 aromatic heterocycles. The first-order chi connectivity index (χ1) is 9.15. The van der Waals surface area contributed by atoms with Gasteiger partial charge in [-0.1, -0.05) is 17.8 Å². The minimum absolute atomic E-state index is 0.0500. The van der Waals surface area contributed by atoms with Crippen molar-refractivity contribution < 1.29 is 9.50 Å². The fourth-order valence-electron chi connectivity index (χ4n) is 1.60. The molecule has 6 heteroatoms. The summed E-state index contributed by atoms with van der Waals surface area (Å²) in [5.74, 6) is 0.0841. The molecule has 0 aliphatic carbocycles. The Morgan fingerprint density at radius 2 is 2.32 bits per heavy atom. The van der Waals surface area contributed by atoms with Crippen LogP contribution in [0, 0.1) is 17.1 Å². The Morgan fingerprint density at radius 3 is 2.95 bits per heavy atom. The topological polar surface area (TPSA) is 61.8 Å². The predicted molar refractivity (Wildman–Crippen MR) is 69.8 cm³/mol. The van der Waals surface area contributed by atoms with Gasteiger partial charge in [0.1, 0.15) is 11.9 Å². The third kappa shape index (κ3) is 2.95. The Labute approximate surface area is 114 Å². The van der Waals surface area contributed by atoms with Gasteiger partial charge in [0.25, 0.3) is 0 Å². The van der Waals surface area contributed by atoms with Crippen LogP contribution in [0.25, 0.3) is 0 Å². The molecule has 1 aromatic carbocycles. The number of nitriles is 1. The number of benzene rings is 1. The zero-order chi connectivity index (χ0) is 13.8. The Kier molecular flexibility index (Phi) is 4.20. The first-order valence-corrected chi connectivity index (χ1v) is 6.57. The van der Waals surface area contributed by atoms with Gasteiger partial charge in [0.05, 0.1) is 24.1 Å².